The van der Waals surface area contributed by atoms with Crippen molar-refractivity contribution in [3.63, 3.8) is 0 Å². The SMILES string of the molecule is CNc1ncn(Cc2ccccc2)c1C(N)=O. The number of amides is 1. The van der Waals surface area contributed by atoms with Gasteiger partial charge in [0, 0.05) is 13.6 Å². The number of rotatable bonds is 4. The molecule has 0 aliphatic rings. The van der Waals surface area contributed by atoms with Crippen molar-refractivity contribution in [1.29, 1.82) is 0 Å². The topological polar surface area (TPSA) is 72.9 Å². The molecule has 0 aliphatic heterocycles. The number of nitrogens with two attached hydrogens (primary N) is 1. The molecule has 1 heterocycles. The Kier molecular flexibility index (Phi) is 3.09. The number of nitrogens with one attached hydrogen (secondary N) is 1. The van der Waals surface area contributed by atoms with Crippen LogP contribution in [0.3, 0.4) is 0 Å². The molecule has 0 spiro atoms. The summed E-state index contributed by atoms with van der Waals surface area (Å²) in [6, 6.07) is 9.84. The summed E-state index contributed by atoms with van der Waals surface area (Å²) in [4.78, 5) is 15.5. The average molecular weight is 230 g/mol. The number of carbonyl (C=O) groups excluding carboxylic acids is 1. The van der Waals surface area contributed by atoms with E-state index in [2.05, 4.69) is 10.3 Å². The first-order chi connectivity index (χ1) is 8.22. The lowest BCUT2D eigenvalue weighted by molar-refractivity contribution is 0.0993. The molecule has 1 amide bonds. The standard InChI is InChI=1S/C12H14N4O/c1-14-12-10(11(13)17)16(8-15-12)7-9-5-3-2-4-6-9/h2-6,8,14H,7H2,1H3,(H2,13,17). The number of hydrogen-bond acceptors (Lipinski definition) is 3. The van der Waals surface area contributed by atoms with Gasteiger partial charge in [0.2, 0.25) is 0 Å². The van der Waals surface area contributed by atoms with Gasteiger partial charge >= 0.3 is 0 Å². The fraction of sp³-hybridized carbons (Fsp3) is 0.167. The molecule has 2 aromatic rings. The molecule has 5 heteroatoms. The van der Waals surface area contributed by atoms with E-state index in [0.29, 0.717) is 18.1 Å². The zero-order chi connectivity index (χ0) is 12.3. The molecule has 88 valence electrons. The highest BCUT2D eigenvalue weighted by atomic mass is 16.1. The Morgan fingerprint density at radius 3 is 2.71 bits per heavy atom. The van der Waals surface area contributed by atoms with Gasteiger partial charge in [-0.1, -0.05) is 30.3 Å². The molecule has 2 rings (SSSR count). The molecule has 1 aromatic carbocycles. The number of benzene rings is 1. The van der Waals surface area contributed by atoms with Crippen molar-refractivity contribution in [2.45, 2.75) is 6.54 Å². The summed E-state index contributed by atoms with van der Waals surface area (Å²) in [6.07, 6.45) is 1.61. The maximum atomic E-state index is 11.4. The molecule has 0 radical (unpaired) electrons. The molecular formula is C12H14N4O. The highest BCUT2D eigenvalue weighted by Gasteiger charge is 2.14. The summed E-state index contributed by atoms with van der Waals surface area (Å²) in [5.74, 6) is 0.0243. The second kappa shape index (κ2) is 4.69. The molecule has 1 aromatic heterocycles. The maximum Gasteiger partial charge on any atom is 0.269 e. The van der Waals surface area contributed by atoms with Crippen LogP contribution < -0.4 is 11.1 Å². The minimum absolute atomic E-state index is 0.399. The molecular weight excluding hydrogens is 216 g/mol. The first kappa shape index (κ1) is 11.2. The van der Waals surface area contributed by atoms with Crippen molar-refractivity contribution in [3.8, 4) is 0 Å². The average Bonchev–Trinajstić information content (AvgIpc) is 2.73. The third-order valence-electron chi connectivity index (χ3n) is 2.50. The van der Waals surface area contributed by atoms with Gasteiger partial charge in [-0.2, -0.15) is 0 Å². The molecule has 0 aliphatic carbocycles. The molecule has 3 N–H and O–H groups in total. The van der Waals surface area contributed by atoms with E-state index in [1.54, 1.807) is 17.9 Å². The largest absolute Gasteiger partial charge is 0.371 e. The van der Waals surface area contributed by atoms with Crippen molar-refractivity contribution in [3.05, 3.63) is 47.9 Å². The predicted octanol–water partition coefficient (Wildman–Crippen LogP) is 1.07. The zero-order valence-electron chi connectivity index (χ0n) is 9.55. The minimum atomic E-state index is -0.484. The number of nitrogens with zero attached hydrogens (tertiary/aromatic N) is 2. The molecule has 0 bridgehead atoms. The van der Waals surface area contributed by atoms with Crippen LogP contribution in [0, 0.1) is 0 Å². The maximum absolute atomic E-state index is 11.4. The summed E-state index contributed by atoms with van der Waals surface area (Å²) in [5.41, 5.74) is 6.84. The van der Waals surface area contributed by atoms with Crippen LogP contribution in [-0.4, -0.2) is 22.5 Å². The summed E-state index contributed by atoms with van der Waals surface area (Å²) in [6.45, 7) is 0.577. The Labute approximate surface area is 99.3 Å². The van der Waals surface area contributed by atoms with E-state index in [1.807, 2.05) is 30.3 Å². The van der Waals surface area contributed by atoms with E-state index < -0.39 is 5.91 Å². The second-order valence-corrected chi connectivity index (χ2v) is 3.67. The monoisotopic (exact) mass is 230 g/mol. The van der Waals surface area contributed by atoms with Crippen LogP contribution in [0.5, 0.6) is 0 Å². The van der Waals surface area contributed by atoms with Crippen molar-refractivity contribution >= 4 is 11.7 Å². The van der Waals surface area contributed by atoms with Gasteiger partial charge in [0.15, 0.2) is 11.5 Å². The third kappa shape index (κ3) is 2.28. The van der Waals surface area contributed by atoms with E-state index in [4.69, 9.17) is 5.73 Å². The minimum Gasteiger partial charge on any atom is -0.371 e. The molecule has 0 unspecified atom stereocenters. The Hall–Kier alpha value is -2.30. The van der Waals surface area contributed by atoms with Gasteiger partial charge in [-0.05, 0) is 5.56 Å². The number of primary amides is 1. The number of carbonyl (C=O) groups is 1. The van der Waals surface area contributed by atoms with Crippen LogP contribution in [0.25, 0.3) is 0 Å². The van der Waals surface area contributed by atoms with Gasteiger partial charge in [-0.3, -0.25) is 4.79 Å². The zero-order valence-corrected chi connectivity index (χ0v) is 9.55. The van der Waals surface area contributed by atoms with Crippen molar-refractivity contribution in [2.24, 2.45) is 5.73 Å². The Morgan fingerprint density at radius 1 is 1.41 bits per heavy atom. The van der Waals surface area contributed by atoms with E-state index in [0.717, 1.165) is 5.56 Å². The van der Waals surface area contributed by atoms with Gasteiger partial charge in [0.25, 0.3) is 5.91 Å². The second-order valence-electron chi connectivity index (χ2n) is 3.67. The smallest absolute Gasteiger partial charge is 0.269 e. The number of aromatic nitrogens is 2. The van der Waals surface area contributed by atoms with Gasteiger partial charge in [0.05, 0.1) is 6.33 Å². The fourth-order valence-corrected chi connectivity index (χ4v) is 1.72. The Morgan fingerprint density at radius 2 is 2.12 bits per heavy atom. The van der Waals surface area contributed by atoms with E-state index >= 15 is 0 Å². The lowest BCUT2D eigenvalue weighted by Crippen LogP contribution is -2.18. The van der Waals surface area contributed by atoms with Crippen LogP contribution in [0.2, 0.25) is 0 Å². The van der Waals surface area contributed by atoms with E-state index in [1.165, 1.54) is 0 Å². The highest BCUT2D eigenvalue weighted by molar-refractivity contribution is 5.95. The molecule has 17 heavy (non-hydrogen) atoms. The Bertz CT molecular complexity index is 519. The lowest BCUT2D eigenvalue weighted by Gasteiger charge is -2.06. The quantitative estimate of drug-likeness (QED) is 0.825. The number of imidazole rings is 1. The first-order valence-corrected chi connectivity index (χ1v) is 5.29. The van der Waals surface area contributed by atoms with Crippen LogP contribution >= 0.6 is 0 Å². The van der Waals surface area contributed by atoms with Gasteiger partial charge in [0.1, 0.15) is 0 Å². The summed E-state index contributed by atoms with van der Waals surface area (Å²) >= 11 is 0. The third-order valence-corrected chi connectivity index (χ3v) is 2.50. The lowest BCUT2D eigenvalue weighted by atomic mass is 10.2. The molecule has 0 atom stereocenters. The van der Waals surface area contributed by atoms with Crippen molar-refractivity contribution in [1.82, 2.24) is 9.55 Å². The van der Waals surface area contributed by atoms with Crippen LogP contribution in [0.4, 0.5) is 5.82 Å². The van der Waals surface area contributed by atoms with Gasteiger partial charge in [-0.15, -0.1) is 0 Å². The predicted molar refractivity (Wildman–Crippen MR) is 65.8 cm³/mol. The van der Waals surface area contributed by atoms with Crippen LogP contribution in [0.15, 0.2) is 36.7 Å². The normalized spacial score (nSPS) is 10.2. The van der Waals surface area contributed by atoms with Crippen molar-refractivity contribution in [2.75, 3.05) is 12.4 Å². The molecule has 0 fully saturated rings. The fourth-order valence-electron chi connectivity index (χ4n) is 1.72. The van der Waals surface area contributed by atoms with Gasteiger partial charge < -0.3 is 15.6 Å². The summed E-state index contributed by atoms with van der Waals surface area (Å²) < 4.78 is 1.74. The van der Waals surface area contributed by atoms with Crippen LogP contribution in [-0.2, 0) is 6.54 Å². The van der Waals surface area contributed by atoms with E-state index in [9.17, 15) is 4.79 Å². The molecule has 0 saturated heterocycles. The number of anilines is 1. The number of hydrogen-bond donors (Lipinski definition) is 2. The highest BCUT2D eigenvalue weighted by Crippen LogP contribution is 2.14. The summed E-state index contributed by atoms with van der Waals surface area (Å²) in [7, 11) is 1.71. The van der Waals surface area contributed by atoms with Crippen molar-refractivity contribution < 1.29 is 4.79 Å². The Balaban J connectivity index is 2.33. The first-order valence-electron chi connectivity index (χ1n) is 5.29. The molecule has 0 saturated carbocycles. The van der Waals surface area contributed by atoms with Crippen LogP contribution in [0.1, 0.15) is 16.1 Å². The summed E-state index contributed by atoms with van der Waals surface area (Å²) in [5, 5.41) is 2.85. The van der Waals surface area contributed by atoms with E-state index in [-0.39, 0.29) is 0 Å². The van der Waals surface area contributed by atoms with Gasteiger partial charge in [-0.25, -0.2) is 4.98 Å². The molecule has 5 nitrogen and oxygen atoms in total.